The van der Waals surface area contributed by atoms with E-state index in [9.17, 15) is 13.3 Å². The fourth-order valence-corrected chi connectivity index (χ4v) is 2.83. The molecule has 0 aromatic heterocycles. The van der Waals surface area contributed by atoms with Crippen molar-refractivity contribution < 1.29 is 22.4 Å². The molecule has 1 atom stereocenters. The fraction of sp³-hybridized carbons (Fsp3) is 1.00. The molecule has 0 heterocycles. The van der Waals surface area contributed by atoms with Gasteiger partial charge >= 0.3 is 13.3 Å². The molecule has 98 valence electrons. The minimum absolute atomic E-state index is 0.000409. The minimum atomic E-state index is -4.37. The maximum absolute atomic E-state index is 13.7. The second kappa shape index (κ2) is 6.08. The molecule has 0 aromatic carbocycles. The molecule has 0 bridgehead atoms. The third-order valence-corrected chi connectivity index (χ3v) is 4.27. The van der Waals surface area contributed by atoms with Crippen LogP contribution in [0.2, 0.25) is 0 Å². The number of hydrogen-bond donors (Lipinski definition) is 0. The summed E-state index contributed by atoms with van der Waals surface area (Å²) in [7, 11) is -4.37. The summed E-state index contributed by atoms with van der Waals surface area (Å²) in [6, 6.07) is 0. The van der Waals surface area contributed by atoms with Gasteiger partial charge in [-0.25, -0.2) is 0 Å². The molecule has 1 unspecified atom stereocenters. The predicted octanol–water partition coefficient (Wildman–Crippen LogP) is 4.14. The Bertz CT molecular complexity index is 254. The molecule has 0 radical (unpaired) electrons. The summed E-state index contributed by atoms with van der Waals surface area (Å²) in [5.41, 5.74) is -3.45. The first-order valence-corrected chi connectivity index (χ1v) is 6.98. The van der Waals surface area contributed by atoms with Crippen LogP contribution in [-0.2, 0) is 13.6 Å². The molecule has 3 nitrogen and oxygen atoms in total. The molecule has 0 saturated heterocycles. The fourth-order valence-electron chi connectivity index (χ4n) is 0.943. The maximum Gasteiger partial charge on any atom is 0.399 e. The number of rotatable bonds is 7. The summed E-state index contributed by atoms with van der Waals surface area (Å²) in [5.74, 6) is -1.06. The second-order valence-corrected chi connectivity index (χ2v) is 6.45. The lowest BCUT2D eigenvalue weighted by Crippen LogP contribution is -2.27. The Hall–Kier alpha value is 0.01000. The molecule has 16 heavy (non-hydrogen) atoms. The first-order valence-electron chi connectivity index (χ1n) is 5.44. The first-order chi connectivity index (χ1) is 7.17. The standard InChI is InChI=1S/C10H21F2O3P/c1-6-14-16(13,15-7-8(2)3)10(11,12)9(4)5/h8-9H,6-7H2,1-5H3. The SMILES string of the molecule is CCOP(=O)(OCC(C)C)C(F)(F)C(C)C. The summed E-state index contributed by atoms with van der Waals surface area (Å²) in [4.78, 5) is 0. The summed E-state index contributed by atoms with van der Waals surface area (Å²) in [6.45, 7) is 7.64. The summed E-state index contributed by atoms with van der Waals surface area (Å²) < 4.78 is 49.0. The van der Waals surface area contributed by atoms with E-state index in [1.807, 2.05) is 0 Å². The zero-order chi connectivity index (χ0) is 13.0. The Morgan fingerprint density at radius 3 is 2.00 bits per heavy atom. The van der Waals surface area contributed by atoms with Crippen molar-refractivity contribution in [1.29, 1.82) is 0 Å². The highest BCUT2D eigenvalue weighted by Crippen LogP contribution is 2.64. The molecule has 0 aromatic rings. The quantitative estimate of drug-likeness (QED) is 0.644. The maximum atomic E-state index is 13.7. The zero-order valence-electron chi connectivity index (χ0n) is 10.5. The van der Waals surface area contributed by atoms with Gasteiger partial charge in [0.1, 0.15) is 0 Å². The van der Waals surface area contributed by atoms with E-state index in [1.54, 1.807) is 13.8 Å². The van der Waals surface area contributed by atoms with Crippen LogP contribution in [-0.4, -0.2) is 18.9 Å². The molecule has 0 N–H and O–H groups in total. The van der Waals surface area contributed by atoms with Crippen molar-refractivity contribution in [2.75, 3.05) is 13.2 Å². The van der Waals surface area contributed by atoms with Crippen molar-refractivity contribution in [3.05, 3.63) is 0 Å². The Labute approximate surface area is 96.0 Å². The summed E-state index contributed by atoms with van der Waals surface area (Å²) in [6.07, 6.45) is 0. The van der Waals surface area contributed by atoms with E-state index in [4.69, 9.17) is 4.52 Å². The lowest BCUT2D eigenvalue weighted by molar-refractivity contribution is -0.00235. The molecular formula is C10H21F2O3P. The van der Waals surface area contributed by atoms with Gasteiger partial charge in [-0.3, -0.25) is 4.57 Å². The highest BCUT2D eigenvalue weighted by atomic mass is 31.2. The van der Waals surface area contributed by atoms with E-state index in [1.165, 1.54) is 20.8 Å². The molecular weight excluding hydrogens is 237 g/mol. The van der Waals surface area contributed by atoms with Crippen molar-refractivity contribution in [3.63, 3.8) is 0 Å². The lowest BCUT2D eigenvalue weighted by Gasteiger charge is -2.29. The van der Waals surface area contributed by atoms with Crippen LogP contribution in [0, 0.1) is 11.8 Å². The second-order valence-electron chi connectivity index (χ2n) is 4.35. The van der Waals surface area contributed by atoms with Gasteiger partial charge in [0.15, 0.2) is 0 Å². The number of hydrogen-bond acceptors (Lipinski definition) is 3. The highest BCUT2D eigenvalue weighted by molar-refractivity contribution is 7.55. The third-order valence-electron chi connectivity index (χ3n) is 1.94. The van der Waals surface area contributed by atoms with Crippen LogP contribution in [0.25, 0.3) is 0 Å². The van der Waals surface area contributed by atoms with Gasteiger partial charge in [-0.15, -0.1) is 0 Å². The van der Waals surface area contributed by atoms with E-state index >= 15 is 0 Å². The average molecular weight is 258 g/mol. The van der Waals surface area contributed by atoms with Crippen LogP contribution in [0.3, 0.4) is 0 Å². The minimum Gasteiger partial charge on any atom is -0.305 e. The van der Waals surface area contributed by atoms with Gasteiger partial charge in [-0.05, 0) is 12.8 Å². The molecule has 0 aliphatic carbocycles. The average Bonchev–Trinajstić information content (AvgIpc) is 2.14. The van der Waals surface area contributed by atoms with Crippen molar-refractivity contribution >= 4 is 7.60 Å². The van der Waals surface area contributed by atoms with Gasteiger partial charge in [0, 0.05) is 5.92 Å². The van der Waals surface area contributed by atoms with Crippen LogP contribution in [0.5, 0.6) is 0 Å². The molecule has 0 aliphatic rings. The Balaban J connectivity index is 4.88. The number of alkyl halides is 2. The van der Waals surface area contributed by atoms with E-state index in [-0.39, 0.29) is 19.1 Å². The van der Waals surface area contributed by atoms with Crippen molar-refractivity contribution in [2.24, 2.45) is 11.8 Å². The molecule has 0 saturated carbocycles. The van der Waals surface area contributed by atoms with Crippen LogP contribution < -0.4 is 0 Å². The smallest absolute Gasteiger partial charge is 0.305 e. The van der Waals surface area contributed by atoms with Crippen LogP contribution in [0.4, 0.5) is 8.78 Å². The monoisotopic (exact) mass is 258 g/mol. The van der Waals surface area contributed by atoms with E-state index in [2.05, 4.69) is 4.52 Å². The highest BCUT2D eigenvalue weighted by Gasteiger charge is 2.55. The van der Waals surface area contributed by atoms with Crippen LogP contribution in [0.15, 0.2) is 0 Å². The van der Waals surface area contributed by atoms with Crippen LogP contribution in [0.1, 0.15) is 34.6 Å². The molecule has 0 spiro atoms. The van der Waals surface area contributed by atoms with Gasteiger partial charge in [-0.1, -0.05) is 27.7 Å². The van der Waals surface area contributed by atoms with Gasteiger partial charge < -0.3 is 9.05 Å². The number of halogens is 2. The van der Waals surface area contributed by atoms with Crippen molar-refractivity contribution in [2.45, 2.75) is 40.3 Å². The summed E-state index contributed by atoms with van der Waals surface area (Å²) in [5, 5.41) is 0. The van der Waals surface area contributed by atoms with Gasteiger partial charge in [-0.2, -0.15) is 8.78 Å². The van der Waals surface area contributed by atoms with E-state index < -0.39 is 19.2 Å². The normalized spacial score (nSPS) is 16.8. The lowest BCUT2D eigenvalue weighted by atomic mass is 10.2. The predicted molar refractivity (Wildman–Crippen MR) is 59.8 cm³/mol. The zero-order valence-corrected chi connectivity index (χ0v) is 11.4. The largest absolute Gasteiger partial charge is 0.399 e. The third kappa shape index (κ3) is 3.79. The van der Waals surface area contributed by atoms with E-state index in [0.717, 1.165) is 0 Å². The van der Waals surface area contributed by atoms with Crippen molar-refractivity contribution in [3.8, 4) is 0 Å². The van der Waals surface area contributed by atoms with Crippen LogP contribution >= 0.6 is 7.60 Å². The molecule has 0 aliphatic heterocycles. The summed E-state index contributed by atoms with van der Waals surface area (Å²) >= 11 is 0. The first kappa shape index (κ1) is 16.0. The van der Waals surface area contributed by atoms with E-state index in [0.29, 0.717) is 0 Å². The van der Waals surface area contributed by atoms with Crippen molar-refractivity contribution in [1.82, 2.24) is 0 Å². The Morgan fingerprint density at radius 2 is 1.69 bits per heavy atom. The Morgan fingerprint density at radius 1 is 1.19 bits per heavy atom. The molecule has 0 rings (SSSR count). The Kier molecular flexibility index (Phi) is 6.09. The molecule has 0 fully saturated rings. The van der Waals surface area contributed by atoms with Gasteiger partial charge in [0.05, 0.1) is 13.2 Å². The molecule has 6 heteroatoms. The topological polar surface area (TPSA) is 35.5 Å². The molecule has 0 amide bonds. The van der Waals surface area contributed by atoms with Gasteiger partial charge in [0.2, 0.25) is 0 Å². The van der Waals surface area contributed by atoms with Gasteiger partial charge in [0.25, 0.3) is 0 Å².